The van der Waals surface area contributed by atoms with Crippen LogP contribution in [-0.2, 0) is 18.7 Å². The van der Waals surface area contributed by atoms with E-state index in [-0.39, 0.29) is 0 Å². The molecule has 3 rings (SSSR count). The average Bonchev–Trinajstić information content (AvgIpc) is 3.09. The summed E-state index contributed by atoms with van der Waals surface area (Å²) in [6.07, 6.45) is 1.89. The molecular weight excluding hydrogens is 284 g/mol. The van der Waals surface area contributed by atoms with Crippen LogP contribution in [0.3, 0.4) is 0 Å². The molecule has 0 saturated heterocycles. The predicted octanol–water partition coefficient (Wildman–Crippen LogP) is 3.68. The number of imidazole rings is 1. The molecule has 0 radical (unpaired) electrons. The topological polar surface area (TPSA) is 56.7 Å². The van der Waals surface area contributed by atoms with Crippen LogP contribution in [0, 0.1) is 0 Å². The van der Waals surface area contributed by atoms with E-state index in [1.54, 1.807) is 11.8 Å². The molecule has 0 aliphatic carbocycles. The zero-order valence-electron chi connectivity index (χ0n) is 12.2. The quantitative estimate of drug-likeness (QED) is 0.650. The smallest absolute Gasteiger partial charge is 0.237 e. The molecule has 6 heteroatoms. The van der Waals surface area contributed by atoms with Crippen LogP contribution in [0.5, 0.6) is 0 Å². The van der Waals surface area contributed by atoms with E-state index in [9.17, 15) is 0 Å². The predicted molar refractivity (Wildman–Crippen MR) is 83.3 cm³/mol. The highest BCUT2D eigenvalue weighted by Gasteiger charge is 2.12. The number of benzene rings is 1. The molecule has 0 fully saturated rings. The van der Waals surface area contributed by atoms with Crippen molar-refractivity contribution < 1.29 is 4.52 Å². The van der Waals surface area contributed by atoms with Gasteiger partial charge in [-0.25, -0.2) is 4.98 Å². The molecule has 0 unspecified atom stereocenters. The van der Waals surface area contributed by atoms with Gasteiger partial charge in [-0.1, -0.05) is 36.0 Å². The van der Waals surface area contributed by atoms with Crippen molar-refractivity contribution in [2.75, 3.05) is 0 Å². The monoisotopic (exact) mass is 302 g/mol. The van der Waals surface area contributed by atoms with Gasteiger partial charge in [-0.15, -0.1) is 0 Å². The minimum Gasteiger partial charge on any atom is -0.338 e. The van der Waals surface area contributed by atoms with Crippen molar-refractivity contribution in [2.24, 2.45) is 0 Å². The number of fused-ring (bicyclic) bond motifs is 1. The Morgan fingerprint density at radius 3 is 2.86 bits per heavy atom. The third-order valence-corrected chi connectivity index (χ3v) is 4.21. The van der Waals surface area contributed by atoms with Crippen LogP contribution in [0.4, 0.5) is 0 Å². The van der Waals surface area contributed by atoms with Gasteiger partial charge in [-0.05, 0) is 25.5 Å². The standard InChI is InChI=1S/C15H18N4OS/c1-3-7-13-17-14(20-18-13)10-21-15-16-11-8-5-6-9-12(11)19(15)4-2/h5-6,8-9H,3-4,7,10H2,1-2H3. The molecule has 110 valence electrons. The molecule has 2 heterocycles. The summed E-state index contributed by atoms with van der Waals surface area (Å²) in [5, 5.41) is 4.97. The maximum Gasteiger partial charge on any atom is 0.237 e. The lowest BCUT2D eigenvalue weighted by atomic mass is 10.3. The first-order valence-electron chi connectivity index (χ1n) is 7.21. The molecule has 2 aromatic heterocycles. The zero-order chi connectivity index (χ0) is 14.7. The van der Waals surface area contributed by atoms with Crippen LogP contribution in [0.15, 0.2) is 33.9 Å². The van der Waals surface area contributed by atoms with Crippen LogP contribution in [0.25, 0.3) is 11.0 Å². The molecular formula is C15H18N4OS. The second-order valence-corrected chi connectivity index (χ2v) is 5.71. The van der Waals surface area contributed by atoms with Crippen molar-refractivity contribution in [1.82, 2.24) is 19.7 Å². The van der Waals surface area contributed by atoms with Crippen LogP contribution in [0.1, 0.15) is 32.0 Å². The Hall–Kier alpha value is -1.82. The SMILES string of the molecule is CCCc1noc(CSc2nc3ccccc3n2CC)n1. The molecule has 0 spiro atoms. The van der Waals surface area contributed by atoms with Crippen molar-refractivity contribution in [2.45, 2.75) is 44.1 Å². The van der Waals surface area contributed by atoms with E-state index in [0.29, 0.717) is 11.6 Å². The number of nitrogens with zero attached hydrogens (tertiary/aromatic N) is 4. The largest absolute Gasteiger partial charge is 0.338 e. The molecule has 5 nitrogen and oxygen atoms in total. The molecule has 3 aromatic rings. The van der Waals surface area contributed by atoms with Gasteiger partial charge in [0, 0.05) is 13.0 Å². The molecule has 0 N–H and O–H groups in total. The third-order valence-electron chi connectivity index (χ3n) is 3.24. The molecule has 0 aliphatic heterocycles. The maximum absolute atomic E-state index is 5.27. The summed E-state index contributed by atoms with van der Waals surface area (Å²) in [5.74, 6) is 2.11. The fourth-order valence-electron chi connectivity index (χ4n) is 2.27. The second-order valence-electron chi connectivity index (χ2n) is 4.77. The zero-order valence-corrected chi connectivity index (χ0v) is 13.1. The van der Waals surface area contributed by atoms with E-state index >= 15 is 0 Å². The van der Waals surface area contributed by atoms with Gasteiger partial charge in [-0.2, -0.15) is 4.98 Å². The molecule has 0 bridgehead atoms. The lowest BCUT2D eigenvalue weighted by Crippen LogP contribution is -1.96. The first-order valence-corrected chi connectivity index (χ1v) is 8.20. The number of aromatic nitrogens is 4. The number of aryl methyl sites for hydroxylation is 2. The van der Waals surface area contributed by atoms with Crippen LogP contribution in [0.2, 0.25) is 0 Å². The highest BCUT2D eigenvalue weighted by molar-refractivity contribution is 7.98. The highest BCUT2D eigenvalue weighted by Crippen LogP contribution is 2.26. The summed E-state index contributed by atoms with van der Waals surface area (Å²) in [4.78, 5) is 9.07. The minimum absolute atomic E-state index is 0.653. The van der Waals surface area contributed by atoms with Gasteiger partial charge in [0.25, 0.3) is 0 Å². The summed E-state index contributed by atoms with van der Waals surface area (Å²) in [6, 6.07) is 8.19. The van der Waals surface area contributed by atoms with Crippen LogP contribution >= 0.6 is 11.8 Å². The van der Waals surface area contributed by atoms with Gasteiger partial charge in [-0.3, -0.25) is 0 Å². The van der Waals surface area contributed by atoms with Crippen molar-refractivity contribution in [3.63, 3.8) is 0 Å². The lowest BCUT2D eigenvalue weighted by molar-refractivity contribution is 0.384. The van der Waals surface area contributed by atoms with E-state index in [2.05, 4.69) is 39.6 Å². The molecule has 0 amide bonds. The van der Waals surface area contributed by atoms with E-state index in [0.717, 1.165) is 35.9 Å². The summed E-state index contributed by atoms with van der Waals surface area (Å²) >= 11 is 1.64. The molecule has 0 aliphatic rings. The fraction of sp³-hybridized carbons (Fsp3) is 0.400. The fourth-order valence-corrected chi connectivity index (χ4v) is 3.19. The summed E-state index contributed by atoms with van der Waals surface area (Å²) in [7, 11) is 0. The summed E-state index contributed by atoms with van der Waals surface area (Å²) in [5.41, 5.74) is 2.19. The summed E-state index contributed by atoms with van der Waals surface area (Å²) in [6.45, 7) is 5.13. The van der Waals surface area contributed by atoms with E-state index < -0.39 is 0 Å². The summed E-state index contributed by atoms with van der Waals surface area (Å²) < 4.78 is 7.48. The molecule has 0 atom stereocenters. The number of hydrogen-bond acceptors (Lipinski definition) is 5. The number of rotatable bonds is 6. The highest BCUT2D eigenvalue weighted by atomic mass is 32.2. The Balaban J connectivity index is 1.77. The van der Waals surface area contributed by atoms with E-state index in [4.69, 9.17) is 4.52 Å². The van der Waals surface area contributed by atoms with E-state index in [1.165, 1.54) is 5.52 Å². The maximum atomic E-state index is 5.27. The van der Waals surface area contributed by atoms with Crippen molar-refractivity contribution >= 4 is 22.8 Å². The molecule has 1 aromatic carbocycles. The van der Waals surface area contributed by atoms with E-state index in [1.807, 2.05) is 18.2 Å². The Labute approximate surface area is 127 Å². The van der Waals surface area contributed by atoms with Crippen molar-refractivity contribution in [3.8, 4) is 0 Å². The molecule has 21 heavy (non-hydrogen) atoms. The molecule has 0 saturated carbocycles. The van der Waals surface area contributed by atoms with Gasteiger partial charge in [0.2, 0.25) is 5.89 Å². The number of para-hydroxylation sites is 2. The van der Waals surface area contributed by atoms with Crippen LogP contribution in [-0.4, -0.2) is 19.7 Å². The normalized spacial score (nSPS) is 11.3. The Morgan fingerprint density at radius 2 is 2.05 bits per heavy atom. The Kier molecular flexibility index (Phi) is 4.24. The number of hydrogen-bond donors (Lipinski definition) is 0. The van der Waals surface area contributed by atoms with Crippen LogP contribution < -0.4 is 0 Å². The van der Waals surface area contributed by atoms with Gasteiger partial charge in [0.15, 0.2) is 11.0 Å². The average molecular weight is 302 g/mol. The van der Waals surface area contributed by atoms with Gasteiger partial charge in [0.1, 0.15) is 0 Å². The van der Waals surface area contributed by atoms with Crippen molar-refractivity contribution in [1.29, 1.82) is 0 Å². The van der Waals surface area contributed by atoms with Gasteiger partial charge in [0.05, 0.1) is 16.8 Å². The first-order chi connectivity index (χ1) is 10.3. The minimum atomic E-state index is 0.653. The van der Waals surface area contributed by atoms with Gasteiger partial charge >= 0.3 is 0 Å². The van der Waals surface area contributed by atoms with Crippen molar-refractivity contribution in [3.05, 3.63) is 36.0 Å². The second kappa shape index (κ2) is 6.30. The lowest BCUT2D eigenvalue weighted by Gasteiger charge is -2.03. The first kappa shape index (κ1) is 14.1. The Morgan fingerprint density at radius 1 is 1.19 bits per heavy atom. The van der Waals surface area contributed by atoms with Gasteiger partial charge < -0.3 is 9.09 Å². The third kappa shape index (κ3) is 2.95. The Bertz CT molecular complexity index is 734. The number of thioether (sulfide) groups is 1.